The molecule has 1 aromatic carbocycles. The summed E-state index contributed by atoms with van der Waals surface area (Å²) in [6, 6.07) is 7.79. The number of anilines is 2. The van der Waals surface area contributed by atoms with E-state index in [9.17, 15) is 9.59 Å². The Morgan fingerprint density at radius 3 is 2.37 bits per heavy atom. The topological polar surface area (TPSA) is 111 Å². The third kappa shape index (κ3) is 4.43. The summed E-state index contributed by atoms with van der Waals surface area (Å²) < 4.78 is 10.2. The first kappa shape index (κ1) is 18.4. The SMILES string of the molecule is COc1ccc(N2CCN(C(=O)COC(=O)c3nccnc3N)CC2)cc1. The first-order valence-electron chi connectivity index (χ1n) is 8.49. The van der Waals surface area contributed by atoms with E-state index in [2.05, 4.69) is 14.9 Å². The highest BCUT2D eigenvalue weighted by Gasteiger charge is 2.23. The summed E-state index contributed by atoms with van der Waals surface area (Å²) >= 11 is 0. The number of methoxy groups -OCH3 is 1. The second kappa shape index (κ2) is 8.35. The molecule has 1 aliphatic heterocycles. The Bertz CT molecular complexity index is 804. The van der Waals surface area contributed by atoms with Crippen LogP contribution in [0.5, 0.6) is 5.75 Å². The van der Waals surface area contributed by atoms with Crippen LogP contribution in [0.4, 0.5) is 11.5 Å². The minimum absolute atomic E-state index is 0.0249. The van der Waals surface area contributed by atoms with Crippen molar-refractivity contribution in [2.24, 2.45) is 0 Å². The van der Waals surface area contributed by atoms with E-state index >= 15 is 0 Å². The smallest absolute Gasteiger partial charge is 0.361 e. The van der Waals surface area contributed by atoms with Crippen molar-refractivity contribution in [1.82, 2.24) is 14.9 Å². The Hall–Kier alpha value is -3.36. The van der Waals surface area contributed by atoms with E-state index in [0.717, 1.165) is 11.4 Å². The van der Waals surface area contributed by atoms with Crippen LogP contribution in [0.2, 0.25) is 0 Å². The van der Waals surface area contributed by atoms with Gasteiger partial charge in [-0.15, -0.1) is 0 Å². The Kier molecular flexibility index (Phi) is 5.70. The second-order valence-electron chi connectivity index (χ2n) is 5.93. The third-order valence-corrected chi connectivity index (χ3v) is 4.32. The van der Waals surface area contributed by atoms with E-state index in [1.807, 2.05) is 24.3 Å². The quantitative estimate of drug-likeness (QED) is 0.760. The molecular formula is C18H21N5O4. The van der Waals surface area contributed by atoms with Gasteiger partial charge in [-0.2, -0.15) is 0 Å². The number of aromatic nitrogens is 2. The average molecular weight is 371 g/mol. The maximum absolute atomic E-state index is 12.3. The van der Waals surface area contributed by atoms with Gasteiger partial charge in [-0.1, -0.05) is 0 Å². The fraction of sp³-hybridized carbons (Fsp3) is 0.333. The number of ether oxygens (including phenoxy) is 2. The number of hydrogen-bond donors (Lipinski definition) is 1. The van der Waals surface area contributed by atoms with E-state index in [1.165, 1.54) is 12.4 Å². The monoisotopic (exact) mass is 371 g/mol. The van der Waals surface area contributed by atoms with Crippen LogP contribution in [0.15, 0.2) is 36.7 Å². The van der Waals surface area contributed by atoms with Crippen LogP contribution in [0.3, 0.4) is 0 Å². The van der Waals surface area contributed by atoms with E-state index in [-0.39, 0.29) is 24.0 Å². The summed E-state index contributed by atoms with van der Waals surface area (Å²) in [7, 11) is 1.63. The minimum atomic E-state index is -0.759. The van der Waals surface area contributed by atoms with Crippen LogP contribution >= 0.6 is 0 Å². The summed E-state index contributed by atoms with van der Waals surface area (Å²) in [5.41, 5.74) is 6.56. The number of carbonyl (C=O) groups is 2. The molecule has 0 unspecified atom stereocenters. The molecule has 142 valence electrons. The highest BCUT2D eigenvalue weighted by atomic mass is 16.5. The van der Waals surface area contributed by atoms with Crippen molar-refractivity contribution in [1.29, 1.82) is 0 Å². The molecule has 2 heterocycles. The summed E-state index contributed by atoms with van der Waals surface area (Å²) in [5.74, 6) is -0.229. The number of rotatable bonds is 5. The zero-order valence-corrected chi connectivity index (χ0v) is 15.0. The molecule has 2 N–H and O–H groups in total. The Morgan fingerprint density at radius 1 is 1.07 bits per heavy atom. The summed E-state index contributed by atoms with van der Waals surface area (Å²) in [6.07, 6.45) is 2.72. The molecule has 3 rings (SSSR count). The van der Waals surface area contributed by atoms with Crippen molar-refractivity contribution in [2.75, 3.05) is 50.5 Å². The Labute approximate surface area is 156 Å². The molecule has 27 heavy (non-hydrogen) atoms. The maximum atomic E-state index is 12.3. The lowest BCUT2D eigenvalue weighted by Gasteiger charge is -2.36. The van der Waals surface area contributed by atoms with Gasteiger partial charge in [-0.05, 0) is 24.3 Å². The fourth-order valence-corrected chi connectivity index (χ4v) is 2.80. The Morgan fingerprint density at radius 2 is 1.74 bits per heavy atom. The highest BCUT2D eigenvalue weighted by molar-refractivity contribution is 5.93. The molecule has 1 saturated heterocycles. The Balaban J connectivity index is 1.48. The van der Waals surface area contributed by atoms with Gasteiger partial charge >= 0.3 is 5.97 Å². The van der Waals surface area contributed by atoms with Crippen LogP contribution in [0.1, 0.15) is 10.5 Å². The van der Waals surface area contributed by atoms with Gasteiger partial charge in [-0.25, -0.2) is 14.8 Å². The molecule has 2 aromatic rings. The highest BCUT2D eigenvalue weighted by Crippen LogP contribution is 2.20. The van der Waals surface area contributed by atoms with E-state index < -0.39 is 5.97 Å². The van der Waals surface area contributed by atoms with Gasteiger partial charge in [0.2, 0.25) is 0 Å². The molecule has 0 atom stereocenters. The van der Waals surface area contributed by atoms with Gasteiger partial charge in [0.05, 0.1) is 7.11 Å². The van der Waals surface area contributed by atoms with E-state index in [1.54, 1.807) is 12.0 Å². The first-order valence-corrected chi connectivity index (χ1v) is 8.49. The van der Waals surface area contributed by atoms with Crippen LogP contribution in [-0.4, -0.2) is 66.6 Å². The molecule has 1 fully saturated rings. The van der Waals surface area contributed by atoms with Crippen molar-refractivity contribution in [3.63, 3.8) is 0 Å². The summed E-state index contributed by atoms with van der Waals surface area (Å²) in [4.78, 5) is 35.7. The largest absolute Gasteiger partial charge is 0.497 e. The van der Waals surface area contributed by atoms with Gasteiger partial charge in [0, 0.05) is 44.3 Å². The molecular weight excluding hydrogens is 350 g/mol. The van der Waals surface area contributed by atoms with Gasteiger partial charge in [0.15, 0.2) is 18.1 Å². The summed E-state index contributed by atoms with van der Waals surface area (Å²) in [5, 5.41) is 0. The molecule has 0 radical (unpaired) electrons. The lowest BCUT2D eigenvalue weighted by Crippen LogP contribution is -2.49. The molecule has 1 aromatic heterocycles. The molecule has 0 bridgehead atoms. The van der Waals surface area contributed by atoms with Crippen molar-refractivity contribution in [3.05, 3.63) is 42.4 Å². The molecule has 1 aliphatic rings. The number of carbonyl (C=O) groups excluding carboxylic acids is 2. The van der Waals surface area contributed by atoms with Crippen molar-refractivity contribution < 1.29 is 19.1 Å². The lowest BCUT2D eigenvalue weighted by molar-refractivity contribution is -0.134. The zero-order chi connectivity index (χ0) is 19.2. The lowest BCUT2D eigenvalue weighted by atomic mass is 10.2. The van der Waals surface area contributed by atoms with Crippen molar-refractivity contribution >= 4 is 23.4 Å². The average Bonchev–Trinajstić information content (AvgIpc) is 2.72. The number of hydrogen-bond acceptors (Lipinski definition) is 8. The van der Waals surface area contributed by atoms with Crippen LogP contribution in [0, 0.1) is 0 Å². The molecule has 9 heteroatoms. The maximum Gasteiger partial charge on any atom is 0.361 e. The number of piperazine rings is 1. The van der Waals surface area contributed by atoms with E-state index in [4.69, 9.17) is 15.2 Å². The fourth-order valence-electron chi connectivity index (χ4n) is 2.80. The number of nitrogen functional groups attached to an aromatic ring is 1. The molecule has 9 nitrogen and oxygen atoms in total. The molecule has 1 amide bonds. The van der Waals surface area contributed by atoms with E-state index in [0.29, 0.717) is 26.2 Å². The normalized spacial score (nSPS) is 14.0. The number of nitrogens with zero attached hydrogens (tertiary/aromatic N) is 4. The number of nitrogens with two attached hydrogens (primary N) is 1. The predicted octanol–water partition coefficient (Wildman–Crippen LogP) is 0.573. The van der Waals surface area contributed by atoms with Crippen molar-refractivity contribution in [3.8, 4) is 5.75 Å². The summed E-state index contributed by atoms with van der Waals surface area (Å²) in [6.45, 7) is 2.15. The third-order valence-electron chi connectivity index (χ3n) is 4.32. The number of amides is 1. The van der Waals surface area contributed by atoms with Crippen LogP contribution in [0.25, 0.3) is 0 Å². The van der Waals surface area contributed by atoms with Crippen LogP contribution < -0.4 is 15.4 Å². The van der Waals surface area contributed by atoms with Crippen molar-refractivity contribution in [2.45, 2.75) is 0 Å². The second-order valence-corrected chi connectivity index (χ2v) is 5.93. The van der Waals surface area contributed by atoms with Crippen LogP contribution in [-0.2, 0) is 9.53 Å². The number of esters is 1. The minimum Gasteiger partial charge on any atom is -0.497 e. The van der Waals surface area contributed by atoms with Gasteiger partial charge in [0.25, 0.3) is 5.91 Å². The van der Waals surface area contributed by atoms with Gasteiger partial charge < -0.3 is 25.0 Å². The van der Waals surface area contributed by atoms with Gasteiger partial charge in [0.1, 0.15) is 5.75 Å². The predicted molar refractivity (Wildman–Crippen MR) is 98.5 cm³/mol. The number of benzene rings is 1. The molecule has 0 aliphatic carbocycles. The standard InChI is InChI=1S/C18H21N5O4/c1-26-14-4-2-13(3-5-14)22-8-10-23(11-9-22)15(24)12-27-18(25)16-17(19)21-7-6-20-16/h2-7H,8-12H2,1H3,(H2,19,21). The van der Waals surface area contributed by atoms with Gasteiger partial charge in [-0.3, -0.25) is 4.79 Å². The molecule has 0 spiro atoms. The zero-order valence-electron chi connectivity index (χ0n) is 15.0. The molecule has 0 saturated carbocycles. The first-order chi connectivity index (χ1) is 13.1.